The van der Waals surface area contributed by atoms with Crippen molar-refractivity contribution in [2.45, 2.75) is 33.6 Å². The van der Waals surface area contributed by atoms with Gasteiger partial charge < -0.3 is 10.4 Å². The Bertz CT molecular complexity index is 244. The molecule has 0 aromatic rings. The summed E-state index contributed by atoms with van der Waals surface area (Å²) in [7, 11) is 0. The van der Waals surface area contributed by atoms with E-state index < -0.39 is 0 Å². The maximum atomic E-state index is 11.4. The molecule has 0 aliphatic heterocycles. The Kier molecular flexibility index (Phi) is 7.56. The number of aliphatic hydroxyl groups excluding tert-OH is 1. The van der Waals surface area contributed by atoms with Crippen molar-refractivity contribution in [1.29, 1.82) is 0 Å². The zero-order valence-electron chi connectivity index (χ0n) is 10.5. The van der Waals surface area contributed by atoms with Crippen LogP contribution in [0.25, 0.3) is 0 Å². The van der Waals surface area contributed by atoms with E-state index in [1.165, 1.54) is 6.08 Å². The number of amides is 1. The van der Waals surface area contributed by atoms with Gasteiger partial charge >= 0.3 is 0 Å². The Morgan fingerprint density at radius 1 is 1.31 bits per heavy atom. The van der Waals surface area contributed by atoms with Crippen molar-refractivity contribution >= 4 is 5.91 Å². The topological polar surface area (TPSA) is 49.3 Å². The summed E-state index contributed by atoms with van der Waals surface area (Å²) >= 11 is 0. The Morgan fingerprint density at radius 3 is 2.38 bits per heavy atom. The molecule has 0 aliphatic rings. The van der Waals surface area contributed by atoms with E-state index in [4.69, 9.17) is 0 Å². The van der Waals surface area contributed by atoms with Gasteiger partial charge in [-0.15, -0.1) is 0 Å². The fourth-order valence-corrected chi connectivity index (χ4v) is 1.37. The second-order valence-corrected chi connectivity index (χ2v) is 3.97. The van der Waals surface area contributed by atoms with E-state index in [-0.39, 0.29) is 17.9 Å². The van der Waals surface area contributed by atoms with E-state index in [2.05, 4.69) is 5.32 Å². The molecule has 0 bridgehead atoms. The molecule has 0 saturated carbocycles. The molecule has 0 aromatic carbocycles. The van der Waals surface area contributed by atoms with Gasteiger partial charge in [0, 0.05) is 18.0 Å². The van der Waals surface area contributed by atoms with Crippen LogP contribution in [-0.2, 0) is 4.79 Å². The number of aliphatic hydroxyl groups is 1. The van der Waals surface area contributed by atoms with Crippen molar-refractivity contribution in [3.63, 3.8) is 0 Å². The quantitative estimate of drug-likeness (QED) is 0.514. The van der Waals surface area contributed by atoms with Gasteiger partial charge in [-0.3, -0.25) is 4.79 Å². The van der Waals surface area contributed by atoms with E-state index in [9.17, 15) is 9.90 Å². The van der Waals surface area contributed by atoms with Crippen LogP contribution in [0, 0.1) is 5.41 Å². The molecule has 0 heterocycles. The molecule has 3 heteroatoms. The lowest BCUT2D eigenvalue weighted by molar-refractivity contribution is -0.117. The molecule has 0 aromatic heterocycles. The highest BCUT2D eigenvalue weighted by atomic mass is 16.3. The average Bonchev–Trinajstić information content (AvgIpc) is 2.32. The average molecular weight is 225 g/mol. The number of carbonyl (C=O) groups is 1. The molecule has 3 nitrogen and oxygen atoms in total. The highest BCUT2D eigenvalue weighted by Crippen LogP contribution is 2.24. The Hall–Kier alpha value is -1.09. The molecule has 0 atom stereocenters. The molecule has 2 N–H and O–H groups in total. The molecule has 0 saturated heterocycles. The zero-order valence-corrected chi connectivity index (χ0v) is 10.5. The number of hydrogen-bond donors (Lipinski definition) is 2. The van der Waals surface area contributed by atoms with Crippen LogP contribution in [0.1, 0.15) is 33.6 Å². The van der Waals surface area contributed by atoms with Crippen LogP contribution < -0.4 is 5.32 Å². The normalized spacial score (nSPS) is 12.5. The van der Waals surface area contributed by atoms with Crippen LogP contribution in [-0.4, -0.2) is 24.2 Å². The second-order valence-electron chi connectivity index (χ2n) is 3.97. The Labute approximate surface area is 98.2 Å². The minimum absolute atomic E-state index is 0.110. The van der Waals surface area contributed by atoms with E-state index in [1.54, 1.807) is 12.2 Å². The van der Waals surface area contributed by atoms with E-state index >= 15 is 0 Å². The summed E-state index contributed by atoms with van der Waals surface area (Å²) in [4.78, 5) is 11.4. The van der Waals surface area contributed by atoms with Crippen molar-refractivity contribution in [1.82, 2.24) is 5.32 Å². The Balaban J connectivity index is 4.16. The summed E-state index contributed by atoms with van der Waals surface area (Å²) < 4.78 is 0. The van der Waals surface area contributed by atoms with E-state index in [1.807, 2.05) is 26.8 Å². The molecule has 0 radical (unpaired) electrons. The smallest absolute Gasteiger partial charge is 0.243 e. The third-order valence-corrected chi connectivity index (χ3v) is 3.02. The van der Waals surface area contributed by atoms with Crippen molar-refractivity contribution < 1.29 is 9.90 Å². The summed E-state index contributed by atoms with van der Waals surface area (Å²) in [6.45, 7) is 6.59. The monoisotopic (exact) mass is 225 g/mol. The highest BCUT2D eigenvalue weighted by molar-refractivity contribution is 5.87. The molecular weight excluding hydrogens is 202 g/mol. The van der Waals surface area contributed by atoms with Gasteiger partial charge in [0.25, 0.3) is 0 Å². The molecule has 92 valence electrons. The van der Waals surface area contributed by atoms with Gasteiger partial charge in [-0.2, -0.15) is 0 Å². The van der Waals surface area contributed by atoms with Crippen LogP contribution in [0.3, 0.4) is 0 Å². The lowest BCUT2D eigenvalue weighted by Crippen LogP contribution is -2.38. The maximum absolute atomic E-state index is 11.4. The molecule has 0 spiro atoms. The standard InChI is InChI=1S/C13H23NO2/c1-4-7-8-9-12(16)14-10-13(5-2,6-3)11-15/h4,7-9,15H,5-6,10-11H2,1-3H3,(H,14,16)/b7-4?,9-8+. The summed E-state index contributed by atoms with van der Waals surface area (Å²) in [5, 5.41) is 12.1. The third-order valence-electron chi connectivity index (χ3n) is 3.02. The van der Waals surface area contributed by atoms with Gasteiger partial charge in [0.1, 0.15) is 0 Å². The van der Waals surface area contributed by atoms with Crippen LogP contribution in [0.5, 0.6) is 0 Å². The summed E-state index contributed by atoms with van der Waals surface area (Å²) in [5.74, 6) is -0.113. The predicted molar refractivity (Wildman–Crippen MR) is 67.1 cm³/mol. The summed E-state index contributed by atoms with van der Waals surface area (Å²) in [5.41, 5.74) is -0.176. The first-order chi connectivity index (χ1) is 7.64. The number of rotatable bonds is 7. The first kappa shape index (κ1) is 14.9. The molecule has 0 rings (SSSR count). The SMILES string of the molecule is CC=C/C=C/C(=O)NCC(CC)(CC)CO. The third kappa shape index (κ3) is 5.12. The molecule has 1 amide bonds. The molecule has 0 unspecified atom stereocenters. The number of carbonyl (C=O) groups excluding carboxylic acids is 1. The van der Waals surface area contributed by atoms with Gasteiger partial charge in [0.05, 0.1) is 6.61 Å². The maximum Gasteiger partial charge on any atom is 0.243 e. The van der Waals surface area contributed by atoms with Crippen molar-refractivity contribution in [3.05, 3.63) is 24.3 Å². The molecular formula is C13H23NO2. The first-order valence-corrected chi connectivity index (χ1v) is 5.82. The van der Waals surface area contributed by atoms with Crippen LogP contribution >= 0.6 is 0 Å². The fourth-order valence-electron chi connectivity index (χ4n) is 1.37. The van der Waals surface area contributed by atoms with Crippen LogP contribution in [0.2, 0.25) is 0 Å². The number of hydrogen-bond acceptors (Lipinski definition) is 2. The van der Waals surface area contributed by atoms with Crippen molar-refractivity contribution in [2.24, 2.45) is 5.41 Å². The highest BCUT2D eigenvalue weighted by Gasteiger charge is 2.25. The minimum atomic E-state index is -0.176. The lowest BCUT2D eigenvalue weighted by atomic mass is 9.83. The molecule has 16 heavy (non-hydrogen) atoms. The second kappa shape index (κ2) is 8.11. The van der Waals surface area contributed by atoms with Gasteiger partial charge in [0.15, 0.2) is 0 Å². The summed E-state index contributed by atoms with van der Waals surface area (Å²) in [6, 6.07) is 0. The number of allylic oxidation sites excluding steroid dienone is 3. The first-order valence-electron chi connectivity index (χ1n) is 5.82. The van der Waals surface area contributed by atoms with Crippen LogP contribution in [0.15, 0.2) is 24.3 Å². The largest absolute Gasteiger partial charge is 0.396 e. The van der Waals surface area contributed by atoms with Gasteiger partial charge in [0.2, 0.25) is 5.91 Å². The van der Waals surface area contributed by atoms with Crippen LogP contribution in [0.4, 0.5) is 0 Å². The fraction of sp³-hybridized carbons (Fsp3) is 0.615. The van der Waals surface area contributed by atoms with Crippen molar-refractivity contribution in [3.8, 4) is 0 Å². The number of nitrogens with one attached hydrogen (secondary N) is 1. The van der Waals surface area contributed by atoms with E-state index in [0.29, 0.717) is 6.54 Å². The van der Waals surface area contributed by atoms with E-state index in [0.717, 1.165) is 12.8 Å². The molecule has 0 aliphatic carbocycles. The lowest BCUT2D eigenvalue weighted by Gasteiger charge is -2.29. The zero-order chi connectivity index (χ0) is 12.4. The Morgan fingerprint density at radius 2 is 1.94 bits per heavy atom. The predicted octanol–water partition coefficient (Wildman–Crippen LogP) is 2.03. The van der Waals surface area contributed by atoms with Crippen molar-refractivity contribution in [2.75, 3.05) is 13.2 Å². The minimum Gasteiger partial charge on any atom is -0.396 e. The van der Waals surface area contributed by atoms with Gasteiger partial charge in [-0.1, -0.05) is 32.1 Å². The molecule has 0 fully saturated rings. The van der Waals surface area contributed by atoms with Gasteiger partial charge in [-0.25, -0.2) is 0 Å². The van der Waals surface area contributed by atoms with Gasteiger partial charge in [-0.05, 0) is 19.8 Å². The summed E-state index contributed by atoms with van der Waals surface area (Å²) in [6.07, 6.45) is 8.58.